The zero-order valence-corrected chi connectivity index (χ0v) is 7.21. The van der Waals surface area contributed by atoms with E-state index in [0.29, 0.717) is 0 Å². The molecular weight excluding hydrogens is 194 g/mol. The molecule has 1 aromatic carbocycles. The Kier molecular flexibility index (Phi) is 2.48. The zero-order valence-electron chi connectivity index (χ0n) is 6.45. The fraction of sp³-hybridized carbons (Fsp3) is 0. The molecule has 3 N–H and O–H groups in total. The smallest absolute Gasteiger partial charge is 0.270 e. The van der Waals surface area contributed by atoms with Gasteiger partial charge < -0.3 is 5.73 Å². The summed E-state index contributed by atoms with van der Waals surface area (Å²) in [5.41, 5.74) is 5.74. The lowest BCUT2D eigenvalue weighted by atomic mass is 10.2. The van der Waals surface area contributed by atoms with E-state index >= 15 is 0 Å². The lowest BCUT2D eigenvalue weighted by Crippen LogP contribution is -1.99. The van der Waals surface area contributed by atoms with Gasteiger partial charge in [0.2, 0.25) is 0 Å². The summed E-state index contributed by atoms with van der Waals surface area (Å²) in [6, 6.07) is 3.79. The van der Waals surface area contributed by atoms with Crippen LogP contribution in [0, 0.1) is 15.5 Å². The van der Waals surface area contributed by atoms with Gasteiger partial charge in [-0.3, -0.25) is 15.5 Å². The second-order valence-corrected chi connectivity index (χ2v) is 2.72. The number of nitro benzene ring substituents is 1. The summed E-state index contributed by atoms with van der Waals surface area (Å²) in [5.74, 6) is 0. The van der Waals surface area contributed by atoms with E-state index in [0.717, 1.165) is 0 Å². The number of hydrogen-bond acceptors (Lipinski definition) is 4. The second-order valence-electron chi connectivity index (χ2n) is 2.34. The first kappa shape index (κ1) is 9.47. The minimum absolute atomic E-state index is 0.130. The number of rotatable bonds is 2. The summed E-state index contributed by atoms with van der Waals surface area (Å²) >= 11 is 5.37. The van der Waals surface area contributed by atoms with Gasteiger partial charge in [-0.2, -0.15) is 0 Å². The predicted molar refractivity (Wildman–Crippen MR) is 50.2 cm³/mol. The van der Waals surface area contributed by atoms with Crippen LogP contribution in [0.5, 0.6) is 0 Å². The number of nitrogens with zero attached hydrogens (tertiary/aromatic N) is 1. The Hall–Kier alpha value is -1.62. The third-order valence-corrected chi connectivity index (χ3v) is 1.69. The lowest BCUT2D eigenvalue weighted by Gasteiger charge is -2.00. The van der Waals surface area contributed by atoms with Crippen molar-refractivity contribution in [2.24, 2.45) is 0 Å². The highest BCUT2D eigenvalue weighted by Gasteiger charge is 2.10. The fourth-order valence-electron chi connectivity index (χ4n) is 0.848. The van der Waals surface area contributed by atoms with Crippen molar-refractivity contribution < 1.29 is 4.92 Å². The molecule has 0 heterocycles. The molecule has 0 saturated carbocycles. The minimum Gasteiger partial charge on any atom is -0.398 e. The third-order valence-electron chi connectivity index (χ3n) is 1.48. The molecule has 0 unspecified atom stereocenters. The van der Waals surface area contributed by atoms with E-state index in [-0.39, 0.29) is 22.1 Å². The van der Waals surface area contributed by atoms with Crippen LogP contribution in [0.3, 0.4) is 0 Å². The van der Waals surface area contributed by atoms with Crippen molar-refractivity contribution in [1.82, 2.24) is 0 Å². The zero-order chi connectivity index (χ0) is 10.0. The average Bonchev–Trinajstić information content (AvgIpc) is 2.04. The molecule has 0 spiro atoms. The molecule has 6 heteroatoms. The summed E-state index contributed by atoms with van der Waals surface area (Å²) in [6.45, 7) is 0. The number of hydrogen-bond donors (Lipinski definition) is 2. The van der Waals surface area contributed by atoms with Crippen LogP contribution >= 0.6 is 11.6 Å². The Bertz CT molecular complexity index is 378. The molecule has 13 heavy (non-hydrogen) atoms. The molecule has 0 atom stereocenters. The highest BCUT2D eigenvalue weighted by atomic mass is 35.5. The highest BCUT2D eigenvalue weighted by molar-refractivity contribution is 6.69. The summed E-state index contributed by atoms with van der Waals surface area (Å²) in [5, 5.41) is 17.1. The highest BCUT2D eigenvalue weighted by Crippen LogP contribution is 2.20. The van der Waals surface area contributed by atoms with Crippen molar-refractivity contribution in [3.8, 4) is 0 Å². The fourth-order valence-corrected chi connectivity index (χ4v) is 1.01. The molecule has 1 rings (SSSR count). The van der Waals surface area contributed by atoms with E-state index in [2.05, 4.69) is 0 Å². The molecule has 0 bridgehead atoms. The van der Waals surface area contributed by atoms with Crippen molar-refractivity contribution in [1.29, 1.82) is 5.41 Å². The molecule has 0 aliphatic rings. The first-order valence-corrected chi connectivity index (χ1v) is 3.68. The number of halogens is 1. The molecule has 0 radical (unpaired) electrons. The van der Waals surface area contributed by atoms with Gasteiger partial charge in [0.1, 0.15) is 5.17 Å². The van der Waals surface area contributed by atoms with E-state index in [1.165, 1.54) is 18.2 Å². The van der Waals surface area contributed by atoms with E-state index < -0.39 is 4.92 Å². The number of nitrogens with one attached hydrogen (secondary N) is 1. The maximum atomic E-state index is 10.3. The van der Waals surface area contributed by atoms with Gasteiger partial charge in [0.05, 0.1) is 4.92 Å². The Morgan fingerprint density at radius 2 is 2.23 bits per heavy atom. The van der Waals surface area contributed by atoms with Crippen LogP contribution in [0.1, 0.15) is 5.56 Å². The predicted octanol–water partition coefficient (Wildman–Crippen LogP) is 1.74. The molecule has 0 aliphatic carbocycles. The van der Waals surface area contributed by atoms with Crippen LogP contribution in [-0.2, 0) is 0 Å². The van der Waals surface area contributed by atoms with Gasteiger partial charge in [-0.05, 0) is 6.07 Å². The molecular formula is C7H6ClN3O2. The molecule has 1 aromatic rings. The summed E-state index contributed by atoms with van der Waals surface area (Å²) < 4.78 is 0. The van der Waals surface area contributed by atoms with Crippen molar-refractivity contribution in [2.45, 2.75) is 0 Å². The van der Waals surface area contributed by atoms with Crippen molar-refractivity contribution >= 4 is 28.1 Å². The monoisotopic (exact) mass is 199 g/mol. The van der Waals surface area contributed by atoms with Crippen LogP contribution in [0.4, 0.5) is 11.4 Å². The second kappa shape index (κ2) is 3.40. The van der Waals surface area contributed by atoms with Gasteiger partial charge in [0.25, 0.3) is 5.69 Å². The number of anilines is 1. The number of nitrogen functional groups attached to an aromatic ring is 1. The molecule has 0 aliphatic heterocycles. The van der Waals surface area contributed by atoms with E-state index in [1.54, 1.807) is 0 Å². The van der Waals surface area contributed by atoms with Gasteiger partial charge in [0.15, 0.2) is 0 Å². The Balaban J connectivity index is 3.27. The van der Waals surface area contributed by atoms with Gasteiger partial charge in [-0.25, -0.2) is 0 Å². The van der Waals surface area contributed by atoms with E-state index in [1.807, 2.05) is 0 Å². The van der Waals surface area contributed by atoms with Gasteiger partial charge in [0, 0.05) is 23.4 Å². The van der Waals surface area contributed by atoms with E-state index in [9.17, 15) is 10.1 Å². The van der Waals surface area contributed by atoms with Crippen LogP contribution in [0.15, 0.2) is 18.2 Å². The topological polar surface area (TPSA) is 93.0 Å². The maximum absolute atomic E-state index is 10.3. The van der Waals surface area contributed by atoms with Crippen LogP contribution < -0.4 is 5.73 Å². The average molecular weight is 200 g/mol. The number of nitro groups is 1. The lowest BCUT2D eigenvalue weighted by molar-refractivity contribution is -0.384. The quantitative estimate of drug-likeness (QED) is 0.329. The molecule has 0 saturated heterocycles. The normalized spacial score (nSPS) is 9.62. The Morgan fingerprint density at radius 3 is 2.69 bits per heavy atom. The number of benzene rings is 1. The SMILES string of the molecule is N=C(Cl)c1cc([N+](=O)[O-])ccc1N. The Labute approximate surface area is 78.8 Å². The van der Waals surface area contributed by atoms with Gasteiger partial charge >= 0.3 is 0 Å². The van der Waals surface area contributed by atoms with Crippen molar-refractivity contribution in [3.05, 3.63) is 33.9 Å². The Morgan fingerprint density at radius 1 is 1.62 bits per heavy atom. The van der Waals surface area contributed by atoms with Crippen molar-refractivity contribution in [3.63, 3.8) is 0 Å². The number of nitrogens with two attached hydrogens (primary N) is 1. The summed E-state index contributed by atoms with van der Waals surface area (Å²) in [4.78, 5) is 9.77. The van der Waals surface area contributed by atoms with Crippen LogP contribution in [-0.4, -0.2) is 10.1 Å². The molecule has 0 aromatic heterocycles. The molecule has 0 amide bonds. The summed E-state index contributed by atoms with van der Waals surface area (Å²) in [6.07, 6.45) is 0. The van der Waals surface area contributed by atoms with Crippen molar-refractivity contribution in [2.75, 3.05) is 5.73 Å². The first-order valence-electron chi connectivity index (χ1n) is 3.30. The van der Waals surface area contributed by atoms with Gasteiger partial charge in [-0.15, -0.1) is 0 Å². The van der Waals surface area contributed by atoms with Crippen LogP contribution in [0.25, 0.3) is 0 Å². The van der Waals surface area contributed by atoms with Gasteiger partial charge in [-0.1, -0.05) is 11.6 Å². The maximum Gasteiger partial charge on any atom is 0.270 e. The third kappa shape index (κ3) is 1.94. The molecule has 0 fully saturated rings. The standard InChI is InChI=1S/C7H6ClN3O2/c8-7(10)5-3-4(11(12)13)1-2-6(5)9/h1-3,10H,9H2. The largest absolute Gasteiger partial charge is 0.398 e. The number of non-ortho nitro benzene ring substituents is 1. The summed E-state index contributed by atoms with van der Waals surface area (Å²) in [7, 11) is 0. The minimum atomic E-state index is -0.567. The van der Waals surface area contributed by atoms with Crippen LogP contribution in [0.2, 0.25) is 0 Å². The van der Waals surface area contributed by atoms with E-state index in [4.69, 9.17) is 22.7 Å². The molecule has 68 valence electrons. The molecule has 5 nitrogen and oxygen atoms in total. The first-order chi connectivity index (χ1) is 6.02.